The Labute approximate surface area is 93.3 Å². The summed E-state index contributed by atoms with van der Waals surface area (Å²) in [5.74, 6) is 0.250. The Bertz CT molecular complexity index is 504. The number of aromatic nitrogens is 1. The molecule has 0 radical (unpaired) electrons. The third-order valence-corrected chi connectivity index (χ3v) is 2.11. The minimum absolute atomic E-state index is 0.237. The fourth-order valence-electron chi connectivity index (χ4n) is 1.32. The minimum Gasteiger partial charge on any atom is -0.384 e. The van der Waals surface area contributed by atoms with Gasteiger partial charge in [0.05, 0.1) is 5.69 Å². The predicted molar refractivity (Wildman–Crippen MR) is 64.0 cm³/mol. The summed E-state index contributed by atoms with van der Waals surface area (Å²) in [5.41, 5.74) is 7.26. The van der Waals surface area contributed by atoms with Crippen molar-refractivity contribution in [2.75, 3.05) is 5.73 Å². The molecule has 0 fully saturated rings. The lowest BCUT2D eigenvalue weighted by Crippen LogP contribution is -1.90. The largest absolute Gasteiger partial charge is 0.384 e. The highest BCUT2D eigenvalue weighted by Crippen LogP contribution is 2.08. The Kier molecular flexibility index (Phi) is 2.96. The van der Waals surface area contributed by atoms with Crippen molar-refractivity contribution < 1.29 is 4.39 Å². The quantitative estimate of drug-likeness (QED) is 0.834. The van der Waals surface area contributed by atoms with Crippen molar-refractivity contribution in [3.63, 3.8) is 0 Å². The van der Waals surface area contributed by atoms with Gasteiger partial charge in [-0.3, -0.25) is 0 Å². The number of nitrogen functional groups attached to an aromatic ring is 1. The average Bonchev–Trinajstić information content (AvgIpc) is 2.28. The van der Waals surface area contributed by atoms with Gasteiger partial charge in [0.15, 0.2) is 0 Å². The van der Waals surface area contributed by atoms with E-state index in [1.54, 1.807) is 18.2 Å². The number of hydrogen-bond donors (Lipinski definition) is 1. The molecule has 0 unspecified atom stereocenters. The van der Waals surface area contributed by atoms with Crippen LogP contribution in [0.25, 0.3) is 12.2 Å². The molecule has 0 aliphatic carbocycles. The molecule has 2 rings (SSSR count). The first kappa shape index (κ1) is 10.4. The molecule has 0 saturated heterocycles. The molecule has 2 aromatic rings. The SMILES string of the molecule is Nc1cccc(/C=C/c2ccc(F)cc2)n1. The molecule has 16 heavy (non-hydrogen) atoms. The zero-order valence-corrected chi connectivity index (χ0v) is 8.60. The molecule has 0 bridgehead atoms. The molecule has 1 aromatic heterocycles. The van der Waals surface area contributed by atoms with E-state index in [0.717, 1.165) is 11.3 Å². The van der Waals surface area contributed by atoms with Gasteiger partial charge in [-0.1, -0.05) is 24.3 Å². The van der Waals surface area contributed by atoms with Gasteiger partial charge in [-0.25, -0.2) is 9.37 Å². The first-order chi connectivity index (χ1) is 7.74. The fourth-order valence-corrected chi connectivity index (χ4v) is 1.32. The van der Waals surface area contributed by atoms with Gasteiger partial charge in [0.25, 0.3) is 0 Å². The standard InChI is InChI=1S/C13H11FN2/c14-11-7-4-10(5-8-11)6-9-12-2-1-3-13(15)16-12/h1-9H,(H2,15,16)/b9-6+. The maximum atomic E-state index is 12.6. The molecule has 0 amide bonds. The molecule has 0 aliphatic rings. The fraction of sp³-hybridized carbons (Fsp3) is 0. The van der Waals surface area contributed by atoms with E-state index < -0.39 is 0 Å². The lowest BCUT2D eigenvalue weighted by atomic mass is 10.2. The monoisotopic (exact) mass is 214 g/mol. The number of pyridine rings is 1. The van der Waals surface area contributed by atoms with Gasteiger partial charge < -0.3 is 5.73 Å². The van der Waals surface area contributed by atoms with Crippen molar-refractivity contribution in [3.8, 4) is 0 Å². The van der Waals surface area contributed by atoms with Crippen molar-refractivity contribution >= 4 is 18.0 Å². The van der Waals surface area contributed by atoms with Crippen LogP contribution in [0.3, 0.4) is 0 Å². The zero-order chi connectivity index (χ0) is 11.4. The molecule has 80 valence electrons. The van der Waals surface area contributed by atoms with Crippen molar-refractivity contribution in [2.24, 2.45) is 0 Å². The second-order valence-corrected chi connectivity index (χ2v) is 3.37. The number of anilines is 1. The van der Waals surface area contributed by atoms with Crippen LogP contribution in [-0.2, 0) is 0 Å². The van der Waals surface area contributed by atoms with E-state index in [1.807, 2.05) is 24.3 Å². The number of nitrogens with zero attached hydrogens (tertiary/aromatic N) is 1. The maximum absolute atomic E-state index is 12.6. The summed E-state index contributed by atoms with van der Waals surface area (Å²) in [5, 5.41) is 0. The van der Waals surface area contributed by atoms with E-state index in [1.165, 1.54) is 12.1 Å². The molecular weight excluding hydrogens is 203 g/mol. The number of hydrogen-bond acceptors (Lipinski definition) is 2. The predicted octanol–water partition coefficient (Wildman–Crippen LogP) is 2.97. The van der Waals surface area contributed by atoms with Gasteiger partial charge in [0.2, 0.25) is 0 Å². The number of nitrogens with two attached hydrogens (primary N) is 1. The molecular formula is C13H11FN2. The van der Waals surface area contributed by atoms with Gasteiger partial charge in [-0.05, 0) is 35.9 Å². The molecule has 3 heteroatoms. The molecule has 0 saturated carbocycles. The number of benzene rings is 1. The third kappa shape index (κ3) is 2.67. The number of rotatable bonds is 2. The Balaban J connectivity index is 2.18. The highest BCUT2D eigenvalue weighted by atomic mass is 19.1. The van der Waals surface area contributed by atoms with Gasteiger partial charge >= 0.3 is 0 Å². The lowest BCUT2D eigenvalue weighted by molar-refractivity contribution is 0.628. The number of halogens is 1. The van der Waals surface area contributed by atoms with E-state index in [-0.39, 0.29) is 5.82 Å². The summed E-state index contributed by atoms with van der Waals surface area (Å²) in [7, 11) is 0. The van der Waals surface area contributed by atoms with E-state index in [4.69, 9.17) is 5.73 Å². The van der Waals surface area contributed by atoms with E-state index in [0.29, 0.717) is 5.82 Å². The molecule has 0 aliphatic heterocycles. The van der Waals surface area contributed by atoms with Crippen molar-refractivity contribution in [1.82, 2.24) is 4.98 Å². The second kappa shape index (κ2) is 4.57. The zero-order valence-electron chi connectivity index (χ0n) is 8.60. The van der Waals surface area contributed by atoms with Gasteiger partial charge in [-0.15, -0.1) is 0 Å². The summed E-state index contributed by atoms with van der Waals surface area (Å²) in [6, 6.07) is 11.7. The van der Waals surface area contributed by atoms with Gasteiger partial charge in [0, 0.05) is 0 Å². The van der Waals surface area contributed by atoms with Crippen LogP contribution in [0.5, 0.6) is 0 Å². The maximum Gasteiger partial charge on any atom is 0.124 e. The van der Waals surface area contributed by atoms with Gasteiger partial charge in [-0.2, -0.15) is 0 Å². The normalized spacial score (nSPS) is 10.8. The molecule has 0 atom stereocenters. The van der Waals surface area contributed by atoms with Crippen LogP contribution >= 0.6 is 0 Å². The second-order valence-electron chi connectivity index (χ2n) is 3.37. The highest BCUT2D eigenvalue weighted by molar-refractivity contribution is 5.68. The summed E-state index contributed by atoms with van der Waals surface area (Å²) in [6.45, 7) is 0. The van der Waals surface area contributed by atoms with Crippen LogP contribution in [0.4, 0.5) is 10.2 Å². The third-order valence-electron chi connectivity index (χ3n) is 2.11. The van der Waals surface area contributed by atoms with Crippen molar-refractivity contribution in [1.29, 1.82) is 0 Å². The summed E-state index contributed by atoms with van der Waals surface area (Å²) < 4.78 is 12.6. The molecule has 1 aromatic carbocycles. The summed E-state index contributed by atoms with van der Waals surface area (Å²) >= 11 is 0. The Morgan fingerprint density at radius 2 is 1.75 bits per heavy atom. The van der Waals surface area contributed by atoms with E-state index in [9.17, 15) is 4.39 Å². The Morgan fingerprint density at radius 3 is 2.44 bits per heavy atom. The highest BCUT2D eigenvalue weighted by Gasteiger charge is 1.91. The van der Waals surface area contributed by atoms with Gasteiger partial charge in [0.1, 0.15) is 11.6 Å². The molecule has 2 nitrogen and oxygen atoms in total. The first-order valence-electron chi connectivity index (χ1n) is 4.90. The van der Waals surface area contributed by atoms with Crippen LogP contribution in [0.2, 0.25) is 0 Å². The minimum atomic E-state index is -0.237. The van der Waals surface area contributed by atoms with Crippen LogP contribution in [0.1, 0.15) is 11.3 Å². The van der Waals surface area contributed by atoms with Crippen LogP contribution in [0, 0.1) is 5.82 Å². The average molecular weight is 214 g/mol. The van der Waals surface area contributed by atoms with Crippen LogP contribution in [0.15, 0.2) is 42.5 Å². The Morgan fingerprint density at radius 1 is 1.00 bits per heavy atom. The summed E-state index contributed by atoms with van der Waals surface area (Å²) in [6.07, 6.45) is 3.70. The van der Waals surface area contributed by atoms with E-state index >= 15 is 0 Å². The molecule has 0 spiro atoms. The lowest BCUT2D eigenvalue weighted by Gasteiger charge is -1.95. The van der Waals surface area contributed by atoms with Crippen LogP contribution in [-0.4, -0.2) is 4.98 Å². The molecule has 1 heterocycles. The smallest absolute Gasteiger partial charge is 0.124 e. The summed E-state index contributed by atoms with van der Waals surface area (Å²) in [4.78, 5) is 4.12. The topological polar surface area (TPSA) is 38.9 Å². The first-order valence-corrected chi connectivity index (χ1v) is 4.90. The van der Waals surface area contributed by atoms with Crippen LogP contribution < -0.4 is 5.73 Å². The van der Waals surface area contributed by atoms with Crippen molar-refractivity contribution in [3.05, 3.63) is 59.5 Å². The van der Waals surface area contributed by atoms with Crippen molar-refractivity contribution in [2.45, 2.75) is 0 Å². The Hall–Kier alpha value is -2.16. The molecule has 2 N–H and O–H groups in total. The van der Waals surface area contributed by atoms with E-state index in [2.05, 4.69) is 4.98 Å².